The topological polar surface area (TPSA) is 58.5 Å². The summed E-state index contributed by atoms with van der Waals surface area (Å²) in [6, 6.07) is 6.89. The van der Waals surface area contributed by atoms with Gasteiger partial charge in [0.2, 0.25) is 0 Å². The zero-order chi connectivity index (χ0) is 17.8. The molecule has 4 aliphatic carbocycles. The van der Waals surface area contributed by atoms with Crippen LogP contribution in [0.2, 0.25) is 0 Å². The Labute approximate surface area is 150 Å². The molecule has 0 unspecified atom stereocenters. The molecule has 0 heterocycles. The predicted molar refractivity (Wildman–Crippen MR) is 99.7 cm³/mol. The number of aryl methyl sites for hydroxylation is 1. The van der Waals surface area contributed by atoms with Gasteiger partial charge in [0.25, 0.3) is 10.0 Å². The van der Waals surface area contributed by atoms with Gasteiger partial charge < -0.3 is 0 Å². The summed E-state index contributed by atoms with van der Waals surface area (Å²) in [5.74, 6) is 2.29. The van der Waals surface area contributed by atoms with Crippen LogP contribution < -0.4 is 4.83 Å². The lowest BCUT2D eigenvalue weighted by atomic mass is 9.52. The van der Waals surface area contributed by atoms with Crippen LogP contribution in [0.15, 0.2) is 45.4 Å². The van der Waals surface area contributed by atoms with Gasteiger partial charge in [-0.05, 0) is 70.4 Å². The summed E-state index contributed by atoms with van der Waals surface area (Å²) >= 11 is 0. The molecule has 4 aliphatic rings. The van der Waals surface area contributed by atoms with E-state index in [0.29, 0.717) is 17.8 Å². The highest BCUT2D eigenvalue weighted by atomic mass is 32.2. The second-order valence-corrected chi connectivity index (χ2v) is 9.82. The van der Waals surface area contributed by atoms with E-state index < -0.39 is 10.0 Å². The molecule has 1 aromatic carbocycles. The third-order valence-electron chi connectivity index (χ3n) is 6.17. The summed E-state index contributed by atoms with van der Waals surface area (Å²) < 4.78 is 25.1. The minimum atomic E-state index is -3.60. The normalized spacial score (nSPS) is 32.3. The third kappa shape index (κ3) is 2.92. The molecule has 0 radical (unpaired) electrons. The van der Waals surface area contributed by atoms with Gasteiger partial charge in [-0.2, -0.15) is 13.5 Å². The predicted octanol–water partition coefficient (Wildman–Crippen LogP) is 4.03. The fraction of sp³-hybridized carbons (Fsp3) is 0.550. The highest BCUT2D eigenvalue weighted by Gasteiger charge is 2.49. The molecule has 0 aliphatic heterocycles. The van der Waals surface area contributed by atoms with Gasteiger partial charge in [-0.25, -0.2) is 4.83 Å². The maximum Gasteiger partial charge on any atom is 0.276 e. The molecule has 1 N–H and O–H groups in total. The molecule has 4 nitrogen and oxygen atoms in total. The Hall–Kier alpha value is -1.62. The molecular weight excluding hydrogens is 332 g/mol. The Kier molecular flexibility index (Phi) is 4.02. The first-order valence-electron chi connectivity index (χ1n) is 9.18. The van der Waals surface area contributed by atoms with Gasteiger partial charge in [0.1, 0.15) is 0 Å². The standard InChI is InChI=1S/C20H26N2O2S/c1-12(2)19-15-8-14-9-16(11-15)20(18(19)10-14)21-22-25(23,24)17-6-4-13(3)5-7-17/h4-7,14-16,18,22H,8-11H2,1-3H3/b21-20+/t14-,15+,16-,18+/m0/s1. The maximum atomic E-state index is 12.6. The Morgan fingerprint density at radius 3 is 2.40 bits per heavy atom. The van der Waals surface area contributed by atoms with Crippen molar-refractivity contribution < 1.29 is 8.42 Å². The van der Waals surface area contributed by atoms with Gasteiger partial charge in [-0.1, -0.05) is 28.8 Å². The Balaban J connectivity index is 1.63. The number of nitrogens with zero attached hydrogens (tertiary/aromatic N) is 1. The van der Waals surface area contributed by atoms with E-state index in [4.69, 9.17) is 0 Å². The summed E-state index contributed by atoms with van der Waals surface area (Å²) in [6.45, 7) is 6.32. The van der Waals surface area contributed by atoms with E-state index in [-0.39, 0.29) is 4.90 Å². The summed E-state index contributed by atoms with van der Waals surface area (Å²) in [6.07, 6.45) is 4.77. The summed E-state index contributed by atoms with van der Waals surface area (Å²) in [5.41, 5.74) is 5.03. The number of allylic oxidation sites excluding steroid dienone is 2. The lowest BCUT2D eigenvalue weighted by Crippen LogP contribution is -2.48. The minimum Gasteiger partial charge on any atom is -0.200 e. The zero-order valence-electron chi connectivity index (χ0n) is 15.1. The van der Waals surface area contributed by atoms with Crippen molar-refractivity contribution >= 4 is 15.7 Å². The molecule has 1 aromatic rings. The lowest BCUT2D eigenvalue weighted by Gasteiger charge is -2.52. The fourth-order valence-corrected chi connectivity index (χ4v) is 6.07. The molecule has 134 valence electrons. The number of hydrogen-bond donors (Lipinski definition) is 1. The number of benzene rings is 1. The molecule has 0 amide bonds. The average molecular weight is 359 g/mol. The minimum absolute atomic E-state index is 0.272. The van der Waals surface area contributed by atoms with Gasteiger partial charge in [0.05, 0.1) is 4.90 Å². The smallest absolute Gasteiger partial charge is 0.200 e. The summed E-state index contributed by atoms with van der Waals surface area (Å²) in [5, 5.41) is 4.47. The van der Waals surface area contributed by atoms with E-state index >= 15 is 0 Å². The highest BCUT2D eigenvalue weighted by Crippen LogP contribution is 2.55. The average Bonchev–Trinajstić information content (AvgIpc) is 2.53. The van der Waals surface area contributed by atoms with Crippen LogP contribution in [0.5, 0.6) is 0 Å². The zero-order valence-corrected chi connectivity index (χ0v) is 15.9. The van der Waals surface area contributed by atoms with Crippen molar-refractivity contribution in [3.63, 3.8) is 0 Å². The summed E-state index contributed by atoms with van der Waals surface area (Å²) in [7, 11) is -3.60. The SMILES string of the molecule is CC(C)=C1[C@@H]2C[C@H]3C[C@@H](C2)/C(=N\NS(=O)(=O)c2ccc(C)cc2)[C@@H]1C3. The van der Waals surface area contributed by atoms with Crippen LogP contribution in [0.1, 0.15) is 45.1 Å². The van der Waals surface area contributed by atoms with Gasteiger partial charge in [-0.3, -0.25) is 0 Å². The lowest BCUT2D eigenvalue weighted by molar-refractivity contribution is 0.159. The van der Waals surface area contributed by atoms with E-state index in [2.05, 4.69) is 23.8 Å². The van der Waals surface area contributed by atoms with Crippen molar-refractivity contribution in [3.8, 4) is 0 Å². The van der Waals surface area contributed by atoms with Gasteiger partial charge in [-0.15, -0.1) is 0 Å². The molecule has 4 saturated carbocycles. The molecule has 4 fully saturated rings. The third-order valence-corrected chi connectivity index (χ3v) is 7.39. The molecule has 5 heteroatoms. The van der Waals surface area contributed by atoms with Crippen LogP contribution in [0, 0.1) is 30.6 Å². The van der Waals surface area contributed by atoms with Gasteiger partial charge >= 0.3 is 0 Å². The van der Waals surface area contributed by atoms with Crippen LogP contribution in [-0.4, -0.2) is 14.1 Å². The van der Waals surface area contributed by atoms with Crippen molar-refractivity contribution in [2.75, 3.05) is 0 Å². The molecule has 25 heavy (non-hydrogen) atoms. The van der Waals surface area contributed by atoms with E-state index in [1.807, 2.05) is 19.1 Å². The molecular formula is C20H26N2O2S. The number of sulfonamides is 1. The first-order chi connectivity index (χ1) is 11.8. The first kappa shape index (κ1) is 16.8. The van der Waals surface area contributed by atoms with E-state index in [1.165, 1.54) is 24.0 Å². The van der Waals surface area contributed by atoms with Crippen molar-refractivity contribution in [1.82, 2.24) is 4.83 Å². The molecule has 0 spiro atoms. The highest BCUT2D eigenvalue weighted by molar-refractivity contribution is 7.89. The first-order valence-corrected chi connectivity index (χ1v) is 10.7. The number of nitrogens with one attached hydrogen (secondary N) is 1. The van der Waals surface area contributed by atoms with E-state index in [0.717, 1.165) is 30.0 Å². The van der Waals surface area contributed by atoms with Crippen molar-refractivity contribution in [1.29, 1.82) is 0 Å². The van der Waals surface area contributed by atoms with Crippen LogP contribution in [-0.2, 0) is 10.0 Å². The van der Waals surface area contributed by atoms with Gasteiger partial charge in [0.15, 0.2) is 0 Å². The van der Waals surface area contributed by atoms with E-state index in [9.17, 15) is 8.42 Å². The molecule has 4 bridgehead atoms. The van der Waals surface area contributed by atoms with Gasteiger partial charge in [0, 0.05) is 17.5 Å². The fourth-order valence-electron chi connectivity index (χ4n) is 5.24. The Bertz CT molecular complexity index is 848. The second kappa shape index (κ2) is 5.97. The van der Waals surface area contributed by atoms with Crippen molar-refractivity contribution in [3.05, 3.63) is 41.0 Å². The number of hydrazone groups is 1. The monoisotopic (exact) mass is 358 g/mol. The van der Waals surface area contributed by atoms with E-state index in [1.54, 1.807) is 12.1 Å². The van der Waals surface area contributed by atoms with Crippen LogP contribution in [0.25, 0.3) is 0 Å². The Morgan fingerprint density at radius 2 is 1.72 bits per heavy atom. The van der Waals surface area contributed by atoms with Crippen LogP contribution in [0.3, 0.4) is 0 Å². The number of rotatable bonds is 3. The van der Waals surface area contributed by atoms with Crippen molar-refractivity contribution in [2.45, 2.75) is 51.3 Å². The molecule has 0 aromatic heterocycles. The molecule has 0 saturated heterocycles. The van der Waals surface area contributed by atoms with Crippen LogP contribution in [0.4, 0.5) is 0 Å². The quantitative estimate of drug-likeness (QED) is 0.655. The maximum absolute atomic E-state index is 12.6. The largest absolute Gasteiger partial charge is 0.276 e. The van der Waals surface area contributed by atoms with Crippen LogP contribution >= 0.6 is 0 Å². The number of hydrogen-bond acceptors (Lipinski definition) is 3. The Morgan fingerprint density at radius 1 is 1.04 bits per heavy atom. The van der Waals surface area contributed by atoms with Crippen molar-refractivity contribution in [2.24, 2.45) is 28.8 Å². The molecule has 5 rings (SSSR count). The molecule has 4 atom stereocenters. The summed E-state index contributed by atoms with van der Waals surface area (Å²) in [4.78, 5) is 2.79. The second-order valence-electron chi connectivity index (χ2n) is 8.16.